The SMILES string of the molecule is CC(NCC(O)COc1ccccc1)Oc1ccc(OCC(=O)O)cc1. The van der Waals surface area contributed by atoms with Gasteiger partial charge in [-0.15, -0.1) is 0 Å². The van der Waals surface area contributed by atoms with Crippen molar-refractivity contribution in [3.05, 3.63) is 54.6 Å². The van der Waals surface area contributed by atoms with Crippen molar-refractivity contribution in [3.8, 4) is 17.2 Å². The van der Waals surface area contributed by atoms with Crippen LogP contribution >= 0.6 is 0 Å². The Hall–Kier alpha value is -2.77. The van der Waals surface area contributed by atoms with E-state index in [2.05, 4.69) is 5.32 Å². The summed E-state index contributed by atoms with van der Waals surface area (Å²) in [6.45, 7) is 1.92. The molecule has 0 aliphatic heterocycles. The number of carboxylic acid groups (broad SMARTS) is 1. The summed E-state index contributed by atoms with van der Waals surface area (Å²) in [6.07, 6.45) is -1.000. The van der Waals surface area contributed by atoms with Crippen molar-refractivity contribution in [2.75, 3.05) is 19.8 Å². The molecule has 0 radical (unpaired) electrons. The normalized spacial score (nSPS) is 12.8. The molecule has 2 aromatic rings. The third-order valence-electron chi connectivity index (χ3n) is 3.33. The Morgan fingerprint density at radius 1 is 1.00 bits per heavy atom. The molecule has 0 spiro atoms. The van der Waals surface area contributed by atoms with Crippen molar-refractivity contribution in [3.63, 3.8) is 0 Å². The largest absolute Gasteiger partial charge is 0.491 e. The molecule has 0 amide bonds. The topological polar surface area (TPSA) is 97.3 Å². The molecule has 2 rings (SSSR count). The monoisotopic (exact) mass is 361 g/mol. The standard InChI is InChI=1S/C19H23NO6/c1-14(20-11-15(21)12-24-16-5-3-2-4-6-16)26-18-9-7-17(8-10-18)25-13-19(22)23/h2-10,14-15,20-21H,11-13H2,1H3,(H,22,23). The molecule has 0 fully saturated rings. The predicted octanol–water partition coefficient (Wildman–Crippen LogP) is 1.90. The molecular formula is C19H23NO6. The molecule has 140 valence electrons. The van der Waals surface area contributed by atoms with Gasteiger partial charge in [-0.1, -0.05) is 18.2 Å². The molecule has 0 aliphatic carbocycles. The number of hydrogen-bond acceptors (Lipinski definition) is 6. The lowest BCUT2D eigenvalue weighted by atomic mass is 10.3. The molecule has 3 N–H and O–H groups in total. The molecule has 2 unspecified atom stereocenters. The second-order valence-corrected chi connectivity index (χ2v) is 5.60. The highest BCUT2D eigenvalue weighted by Gasteiger charge is 2.09. The van der Waals surface area contributed by atoms with E-state index in [1.807, 2.05) is 37.3 Å². The van der Waals surface area contributed by atoms with E-state index in [1.165, 1.54) is 0 Å². The number of aliphatic hydroxyl groups excluding tert-OH is 1. The Morgan fingerprint density at radius 2 is 1.62 bits per heavy atom. The van der Waals surface area contributed by atoms with Gasteiger partial charge in [0.25, 0.3) is 0 Å². The predicted molar refractivity (Wildman–Crippen MR) is 95.6 cm³/mol. The molecule has 26 heavy (non-hydrogen) atoms. The van der Waals surface area contributed by atoms with Crippen LogP contribution in [-0.4, -0.2) is 48.3 Å². The van der Waals surface area contributed by atoms with Crippen molar-refractivity contribution >= 4 is 5.97 Å². The lowest BCUT2D eigenvalue weighted by molar-refractivity contribution is -0.139. The molecule has 0 heterocycles. The third kappa shape index (κ3) is 7.42. The van der Waals surface area contributed by atoms with Gasteiger partial charge in [-0.2, -0.15) is 0 Å². The van der Waals surface area contributed by atoms with Crippen LogP contribution in [0.15, 0.2) is 54.6 Å². The van der Waals surface area contributed by atoms with Crippen LogP contribution in [0.5, 0.6) is 17.2 Å². The highest BCUT2D eigenvalue weighted by Crippen LogP contribution is 2.18. The lowest BCUT2D eigenvalue weighted by Gasteiger charge is -2.19. The second-order valence-electron chi connectivity index (χ2n) is 5.60. The Morgan fingerprint density at radius 3 is 2.27 bits per heavy atom. The number of rotatable bonds is 11. The first-order valence-electron chi connectivity index (χ1n) is 8.23. The van der Waals surface area contributed by atoms with Crippen molar-refractivity contribution < 1.29 is 29.2 Å². The zero-order chi connectivity index (χ0) is 18.8. The fourth-order valence-corrected chi connectivity index (χ4v) is 2.08. The van der Waals surface area contributed by atoms with E-state index < -0.39 is 12.1 Å². The summed E-state index contributed by atoms with van der Waals surface area (Å²) >= 11 is 0. The average molecular weight is 361 g/mol. The van der Waals surface area contributed by atoms with Crippen molar-refractivity contribution in [1.82, 2.24) is 5.32 Å². The van der Waals surface area contributed by atoms with Gasteiger partial charge in [-0.3, -0.25) is 5.32 Å². The van der Waals surface area contributed by atoms with Gasteiger partial charge in [-0.05, 0) is 43.3 Å². The smallest absolute Gasteiger partial charge is 0.341 e. The van der Waals surface area contributed by atoms with Crippen LogP contribution in [0.2, 0.25) is 0 Å². The van der Waals surface area contributed by atoms with Crippen LogP contribution in [0.1, 0.15) is 6.92 Å². The van der Waals surface area contributed by atoms with Gasteiger partial charge in [0.05, 0.1) is 0 Å². The van der Waals surface area contributed by atoms with Crippen LogP contribution in [0.25, 0.3) is 0 Å². The minimum Gasteiger partial charge on any atom is -0.491 e. The summed E-state index contributed by atoms with van der Waals surface area (Å²) < 4.78 is 16.2. The van der Waals surface area contributed by atoms with Crippen molar-refractivity contribution in [2.45, 2.75) is 19.3 Å². The van der Waals surface area contributed by atoms with Crippen LogP contribution in [0, 0.1) is 0 Å². The summed E-state index contributed by atoms with van der Waals surface area (Å²) in [5, 5.41) is 21.6. The van der Waals surface area contributed by atoms with Gasteiger partial charge in [0.2, 0.25) is 0 Å². The van der Waals surface area contributed by atoms with E-state index >= 15 is 0 Å². The quantitative estimate of drug-likeness (QED) is 0.526. The zero-order valence-electron chi connectivity index (χ0n) is 14.5. The maximum atomic E-state index is 10.5. The van der Waals surface area contributed by atoms with Gasteiger partial charge in [0, 0.05) is 6.54 Å². The lowest BCUT2D eigenvalue weighted by Crippen LogP contribution is -2.39. The van der Waals surface area contributed by atoms with E-state index in [-0.39, 0.29) is 19.4 Å². The van der Waals surface area contributed by atoms with E-state index in [1.54, 1.807) is 24.3 Å². The van der Waals surface area contributed by atoms with Crippen LogP contribution in [0.4, 0.5) is 0 Å². The first-order chi connectivity index (χ1) is 12.5. The first-order valence-corrected chi connectivity index (χ1v) is 8.23. The summed E-state index contributed by atoms with van der Waals surface area (Å²) in [7, 11) is 0. The van der Waals surface area contributed by atoms with Crippen LogP contribution in [-0.2, 0) is 4.79 Å². The molecule has 0 saturated carbocycles. The Balaban J connectivity index is 1.67. The number of hydrogen-bond donors (Lipinski definition) is 3. The van der Waals surface area contributed by atoms with Gasteiger partial charge in [-0.25, -0.2) is 4.79 Å². The number of carbonyl (C=O) groups is 1. The number of aliphatic carboxylic acids is 1. The van der Waals surface area contributed by atoms with Crippen LogP contribution in [0.3, 0.4) is 0 Å². The highest BCUT2D eigenvalue weighted by atomic mass is 16.5. The highest BCUT2D eigenvalue weighted by molar-refractivity contribution is 5.68. The van der Waals surface area contributed by atoms with E-state index in [0.29, 0.717) is 23.8 Å². The average Bonchev–Trinajstić information content (AvgIpc) is 2.65. The number of nitrogens with one attached hydrogen (secondary N) is 1. The number of carboxylic acids is 1. The maximum Gasteiger partial charge on any atom is 0.341 e. The van der Waals surface area contributed by atoms with Crippen molar-refractivity contribution in [1.29, 1.82) is 0 Å². The fraction of sp³-hybridized carbons (Fsp3) is 0.316. The van der Waals surface area contributed by atoms with Crippen LogP contribution < -0.4 is 19.5 Å². The van der Waals surface area contributed by atoms with Crippen molar-refractivity contribution in [2.24, 2.45) is 0 Å². The molecule has 0 saturated heterocycles. The Labute approximate surface area is 152 Å². The Bertz CT molecular complexity index is 661. The minimum atomic E-state index is -1.03. The number of aliphatic hydroxyl groups is 1. The van der Waals surface area contributed by atoms with Gasteiger partial charge in [0.15, 0.2) is 6.61 Å². The molecular weight excluding hydrogens is 338 g/mol. The Kier molecular flexibility index (Phi) is 7.73. The van der Waals surface area contributed by atoms with Gasteiger partial charge < -0.3 is 24.4 Å². The molecule has 0 aliphatic rings. The second kappa shape index (κ2) is 10.3. The summed E-state index contributed by atoms with van der Waals surface area (Å²) in [5.74, 6) is 0.732. The maximum absolute atomic E-state index is 10.5. The molecule has 2 aromatic carbocycles. The molecule has 2 atom stereocenters. The molecule has 0 aromatic heterocycles. The number of benzene rings is 2. The van der Waals surface area contributed by atoms with E-state index in [0.717, 1.165) is 0 Å². The fourth-order valence-electron chi connectivity index (χ4n) is 2.08. The number of para-hydroxylation sites is 1. The first kappa shape index (κ1) is 19.6. The molecule has 7 heteroatoms. The molecule has 7 nitrogen and oxygen atoms in total. The summed E-state index contributed by atoms with van der Waals surface area (Å²) in [6, 6.07) is 15.9. The van der Waals surface area contributed by atoms with Gasteiger partial charge in [0.1, 0.15) is 36.2 Å². The molecule has 0 bridgehead atoms. The summed E-state index contributed by atoms with van der Waals surface area (Å²) in [4.78, 5) is 10.5. The number of ether oxygens (including phenoxy) is 3. The third-order valence-corrected chi connectivity index (χ3v) is 3.33. The van der Waals surface area contributed by atoms with E-state index in [4.69, 9.17) is 19.3 Å². The summed E-state index contributed by atoms with van der Waals surface area (Å²) in [5.41, 5.74) is 0. The zero-order valence-corrected chi connectivity index (χ0v) is 14.5. The minimum absolute atomic E-state index is 0.180. The van der Waals surface area contributed by atoms with Gasteiger partial charge >= 0.3 is 5.97 Å². The van der Waals surface area contributed by atoms with E-state index in [9.17, 15) is 9.90 Å².